The normalized spacial score (nSPS) is 18.0. The topological polar surface area (TPSA) is 56.6 Å². The molecule has 2 aromatic rings. The molecule has 4 rings (SSSR count). The Morgan fingerprint density at radius 1 is 1.26 bits per heavy atom. The van der Waals surface area contributed by atoms with Gasteiger partial charge in [-0.2, -0.15) is 0 Å². The van der Waals surface area contributed by atoms with Crippen LogP contribution in [-0.2, 0) is 22.5 Å². The van der Waals surface area contributed by atoms with Crippen molar-refractivity contribution >= 4 is 5.91 Å². The second kappa shape index (κ2) is 8.13. The molecular formula is C21H27N3O3. The van der Waals surface area contributed by atoms with Gasteiger partial charge in [-0.3, -0.25) is 4.79 Å². The number of fused-ring (bicyclic) bond motifs is 1. The summed E-state index contributed by atoms with van der Waals surface area (Å²) < 4.78 is 13.1. The number of methoxy groups -OCH3 is 1. The lowest BCUT2D eigenvalue weighted by molar-refractivity contribution is -0.135. The molecule has 3 heterocycles. The van der Waals surface area contributed by atoms with Gasteiger partial charge in [0.15, 0.2) is 0 Å². The Kier molecular flexibility index (Phi) is 5.43. The maximum Gasteiger partial charge on any atom is 0.223 e. The van der Waals surface area contributed by atoms with Crippen molar-refractivity contribution < 1.29 is 14.3 Å². The summed E-state index contributed by atoms with van der Waals surface area (Å²) in [6.07, 6.45) is 5.78. The summed E-state index contributed by atoms with van der Waals surface area (Å²) >= 11 is 0. The fraction of sp³-hybridized carbons (Fsp3) is 0.524. The van der Waals surface area contributed by atoms with Gasteiger partial charge in [-0.05, 0) is 30.5 Å². The Bertz CT molecular complexity index is 796. The van der Waals surface area contributed by atoms with Gasteiger partial charge in [0.2, 0.25) is 5.91 Å². The van der Waals surface area contributed by atoms with Crippen molar-refractivity contribution in [3.63, 3.8) is 0 Å². The number of carbonyl (C=O) groups is 1. The number of nitrogens with zero attached hydrogens (tertiary/aromatic N) is 3. The molecule has 1 amide bonds. The van der Waals surface area contributed by atoms with Crippen LogP contribution in [0, 0.1) is 0 Å². The average Bonchev–Trinajstić information content (AvgIpc) is 3.16. The highest BCUT2D eigenvalue weighted by Gasteiger charge is 2.27. The van der Waals surface area contributed by atoms with Gasteiger partial charge in [0.25, 0.3) is 0 Å². The molecule has 1 aromatic heterocycles. The number of rotatable bonds is 5. The van der Waals surface area contributed by atoms with E-state index in [9.17, 15) is 4.79 Å². The third-order valence-electron chi connectivity index (χ3n) is 5.60. The summed E-state index contributed by atoms with van der Waals surface area (Å²) in [6, 6.07) is 8.06. The van der Waals surface area contributed by atoms with E-state index in [-0.39, 0.29) is 11.8 Å². The van der Waals surface area contributed by atoms with Crippen LogP contribution >= 0.6 is 0 Å². The van der Waals surface area contributed by atoms with Crippen LogP contribution in [0.3, 0.4) is 0 Å². The third-order valence-corrected chi connectivity index (χ3v) is 5.60. The van der Waals surface area contributed by atoms with Crippen LogP contribution < -0.4 is 4.74 Å². The van der Waals surface area contributed by atoms with E-state index >= 15 is 0 Å². The SMILES string of the molecule is COc1cccc([C@H](CC(=O)N2CCOCC2)c2cnc3n2CCCC3)c1. The zero-order valence-electron chi connectivity index (χ0n) is 15.9. The molecule has 0 radical (unpaired) electrons. The molecule has 0 bridgehead atoms. The molecule has 0 saturated carbocycles. The van der Waals surface area contributed by atoms with Gasteiger partial charge in [-0.1, -0.05) is 12.1 Å². The Morgan fingerprint density at radius 3 is 2.93 bits per heavy atom. The lowest BCUT2D eigenvalue weighted by atomic mass is 9.91. The highest BCUT2D eigenvalue weighted by atomic mass is 16.5. The van der Waals surface area contributed by atoms with E-state index in [0.717, 1.165) is 35.8 Å². The Morgan fingerprint density at radius 2 is 2.11 bits per heavy atom. The standard InChI is InChI=1S/C21H27N3O3/c1-26-17-6-4-5-16(13-17)18(14-21(25)23-9-11-27-12-10-23)19-15-22-20-7-2-3-8-24(19)20/h4-6,13,15,18H,2-3,7-12,14H2,1H3/t18-/m0/s1. The molecule has 144 valence electrons. The maximum atomic E-state index is 13.0. The summed E-state index contributed by atoms with van der Waals surface area (Å²) in [5, 5.41) is 0. The molecule has 1 atom stereocenters. The lowest BCUT2D eigenvalue weighted by Gasteiger charge is -2.29. The van der Waals surface area contributed by atoms with Gasteiger partial charge >= 0.3 is 0 Å². The second-order valence-electron chi connectivity index (χ2n) is 7.23. The molecule has 1 fully saturated rings. The van der Waals surface area contributed by atoms with Crippen molar-refractivity contribution in [2.24, 2.45) is 0 Å². The highest BCUT2D eigenvalue weighted by Crippen LogP contribution is 2.33. The first kappa shape index (κ1) is 18.0. The molecule has 27 heavy (non-hydrogen) atoms. The number of aryl methyl sites for hydroxylation is 1. The van der Waals surface area contributed by atoms with Crippen LogP contribution in [-0.4, -0.2) is 53.8 Å². The van der Waals surface area contributed by atoms with Gasteiger partial charge in [-0.25, -0.2) is 4.98 Å². The number of hydrogen-bond donors (Lipinski definition) is 0. The quantitative estimate of drug-likeness (QED) is 0.813. The Hall–Kier alpha value is -2.34. The zero-order chi connectivity index (χ0) is 18.6. The Labute approximate surface area is 160 Å². The van der Waals surface area contributed by atoms with Crippen LogP contribution in [0.2, 0.25) is 0 Å². The number of imidazole rings is 1. The number of carbonyl (C=O) groups excluding carboxylic acids is 1. The van der Waals surface area contributed by atoms with Gasteiger partial charge in [0, 0.05) is 50.3 Å². The monoisotopic (exact) mass is 369 g/mol. The van der Waals surface area contributed by atoms with Gasteiger partial charge in [-0.15, -0.1) is 0 Å². The molecule has 2 aliphatic rings. The second-order valence-corrected chi connectivity index (χ2v) is 7.23. The van der Waals surface area contributed by atoms with Gasteiger partial charge < -0.3 is 18.9 Å². The summed E-state index contributed by atoms with van der Waals surface area (Å²) in [5.41, 5.74) is 2.24. The number of hydrogen-bond acceptors (Lipinski definition) is 4. The first-order valence-corrected chi connectivity index (χ1v) is 9.80. The van der Waals surface area contributed by atoms with E-state index in [2.05, 4.69) is 15.6 Å². The van der Waals surface area contributed by atoms with E-state index < -0.39 is 0 Å². The summed E-state index contributed by atoms with van der Waals surface area (Å²) in [4.78, 5) is 19.6. The van der Waals surface area contributed by atoms with Gasteiger partial charge in [0.05, 0.1) is 20.3 Å². The van der Waals surface area contributed by atoms with Crippen LogP contribution in [0.15, 0.2) is 30.5 Å². The third kappa shape index (κ3) is 3.86. The van der Waals surface area contributed by atoms with E-state index in [4.69, 9.17) is 9.47 Å². The van der Waals surface area contributed by atoms with E-state index in [0.29, 0.717) is 32.7 Å². The minimum Gasteiger partial charge on any atom is -0.497 e. The first-order chi connectivity index (χ1) is 13.3. The molecule has 6 heteroatoms. The number of aromatic nitrogens is 2. The van der Waals surface area contributed by atoms with Gasteiger partial charge in [0.1, 0.15) is 11.6 Å². The molecule has 1 saturated heterocycles. The highest BCUT2D eigenvalue weighted by molar-refractivity contribution is 5.77. The summed E-state index contributed by atoms with van der Waals surface area (Å²) in [5.74, 6) is 2.12. The van der Waals surface area contributed by atoms with Crippen LogP contribution in [0.4, 0.5) is 0 Å². The predicted octanol–water partition coefficient (Wildman–Crippen LogP) is 2.61. The molecule has 6 nitrogen and oxygen atoms in total. The number of morpholine rings is 1. The molecular weight excluding hydrogens is 342 g/mol. The average molecular weight is 369 g/mol. The van der Waals surface area contributed by atoms with Crippen molar-refractivity contribution in [3.8, 4) is 5.75 Å². The minimum absolute atomic E-state index is 0.0187. The predicted molar refractivity (Wildman–Crippen MR) is 102 cm³/mol. The van der Waals surface area contributed by atoms with Crippen molar-refractivity contribution in [2.75, 3.05) is 33.4 Å². The first-order valence-electron chi connectivity index (χ1n) is 9.80. The maximum absolute atomic E-state index is 13.0. The number of benzene rings is 1. The van der Waals surface area contributed by atoms with E-state index in [1.165, 1.54) is 12.8 Å². The van der Waals surface area contributed by atoms with E-state index in [1.54, 1.807) is 7.11 Å². The molecule has 1 aromatic carbocycles. The van der Waals surface area contributed by atoms with Crippen molar-refractivity contribution in [2.45, 2.75) is 38.1 Å². The molecule has 0 unspecified atom stereocenters. The molecule has 0 N–H and O–H groups in total. The Balaban J connectivity index is 1.66. The summed E-state index contributed by atoms with van der Waals surface area (Å²) in [6.45, 7) is 3.58. The van der Waals surface area contributed by atoms with E-state index in [1.807, 2.05) is 29.3 Å². The van der Waals surface area contributed by atoms with Crippen LogP contribution in [0.1, 0.15) is 42.3 Å². The summed E-state index contributed by atoms with van der Waals surface area (Å²) in [7, 11) is 1.67. The molecule has 0 aliphatic carbocycles. The lowest BCUT2D eigenvalue weighted by Crippen LogP contribution is -2.41. The fourth-order valence-corrected chi connectivity index (χ4v) is 4.09. The van der Waals surface area contributed by atoms with Crippen LogP contribution in [0.5, 0.6) is 5.75 Å². The minimum atomic E-state index is -0.0187. The molecule has 2 aliphatic heterocycles. The number of amides is 1. The largest absolute Gasteiger partial charge is 0.497 e. The zero-order valence-corrected chi connectivity index (χ0v) is 15.9. The fourth-order valence-electron chi connectivity index (χ4n) is 4.09. The van der Waals surface area contributed by atoms with Crippen molar-refractivity contribution in [1.29, 1.82) is 0 Å². The van der Waals surface area contributed by atoms with Crippen molar-refractivity contribution in [3.05, 3.63) is 47.5 Å². The van der Waals surface area contributed by atoms with Crippen molar-refractivity contribution in [1.82, 2.24) is 14.5 Å². The van der Waals surface area contributed by atoms with Crippen LogP contribution in [0.25, 0.3) is 0 Å². The number of ether oxygens (including phenoxy) is 2. The molecule has 0 spiro atoms. The smallest absolute Gasteiger partial charge is 0.223 e.